The van der Waals surface area contributed by atoms with Crippen LogP contribution in [-0.4, -0.2) is 150 Å². The van der Waals surface area contributed by atoms with Gasteiger partial charge in [-0.25, -0.2) is 4.98 Å². The predicted octanol–water partition coefficient (Wildman–Crippen LogP) is 6.67. The number of ether oxygens (including phenoxy) is 1. The van der Waals surface area contributed by atoms with Crippen molar-refractivity contribution in [3.05, 3.63) is 88.8 Å². The van der Waals surface area contributed by atoms with E-state index in [0.717, 1.165) is 124 Å². The minimum Gasteiger partial charge on any atom is -0.494 e. The van der Waals surface area contributed by atoms with Gasteiger partial charge in [0.1, 0.15) is 24.0 Å². The molecule has 0 spiro atoms. The smallest absolute Gasteiger partial charge is 0.262 e. The van der Waals surface area contributed by atoms with Gasteiger partial charge in [0.15, 0.2) is 5.82 Å². The zero-order valence-corrected chi connectivity index (χ0v) is 43.4. The molecule has 18 nitrogen and oxygen atoms in total. The lowest BCUT2D eigenvalue weighted by Crippen LogP contribution is -2.54. The van der Waals surface area contributed by atoms with E-state index in [1.807, 2.05) is 36.3 Å². The van der Waals surface area contributed by atoms with Gasteiger partial charge in [-0.05, 0) is 119 Å². The van der Waals surface area contributed by atoms with Crippen LogP contribution in [0, 0.1) is 5.92 Å². The highest BCUT2D eigenvalue weighted by atomic mass is 35.5. The van der Waals surface area contributed by atoms with Gasteiger partial charge in [0.05, 0.1) is 42.0 Å². The van der Waals surface area contributed by atoms with Crippen LogP contribution < -0.4 is 35.8 Å². The second kappa shape index (κ2) is 19.8. The summed E-state index contributed by atoms with van der Waals surface area (Å²) in [5, 5.41) is 14.7. The van der Waals surface area contributed by atoms with E-state index < -0.39 is 30.9 Å². The molecule has 0 radical (unpaired) electrons. The first kappa shape index (κ1) is 48.9. The van der Waals surface area contributed by atoms with Crippen LogP contribution in [0.2, 0.25) is 5.02 Å². The Morgan fingerprint density at radius 1 is 0.808 bits per heavy atom. The van der Waals surface area contributed by atoms with Crippen LogP contribution in [0.15, 0.2) is 67.1 Å². The van der Waals surface area contributed by atoms with Gasteiger partial charge in [-0.3, -0.25) is 39.0 Å². The van der Waals surface area contributed by atoms with Gasteiger partial charge < -0.3 is 34.6 Å². The Kier molecular flexibility index (Phi) is 13.3. The van der Waals surface area contributed by atoms with Crippen molar-refractivity contribution in [1.82, 2.24) is 39.8 Å². The van der Waals surface area contributed by atoms with Gasteiger partial charge in [0, 0.05) is 105 Å². The largest absolute Gasteiger partial charge is 0.494 e. The van der Waals surface area contributed by atoms with Crippen molar-refractivity contribution in [3.63, 3.8) is 0 Å². The van der Waals surface area contributed by atoms with Crippen molar-refractivity contribution in [2.45, 2.75) is 62.9 Å². The van der Waals surface area contributed by atoms with E-state index in [4.69, 9.17) is 21.3 Å². The van der Waals surface area contributed by atoms with E-state index in [-0.39, 0.29) is 18.7 Å². The Morgan fingerprint density at radius 3 is 2.30 bits per heavy atom. The second-order valence-electron chi connectivity index (χ2n) is 20.8. The molecule has 11 rings (SSSR count). The van der Waals surface area contributed by atoms with Crippen LogP contribution in [0.3, 0.4) is 0 Å². The fourth-order valence-electron chi connectivity index (χ4n) is 11.5. The number of piperazine rings is 1. The van der Waals surface area contributed by atoms with Crippen molar-refractivity contribution >= 4 is 82.2 Å². The van der Waals surface area contributed by atoms with E-state index in [9.17, 15) is 23.7 Å². The monoisotopic (exact) mass is 1030 g/mol. The number of carbonyl (C=O) groups excluding carboxylic acids is 4. The molecular weight excluding hydrogens is 967 g/mol. The lowest BCUT2D eigenvalue weighted by Gasteiger charge is -2.44. The highest BCUT2D eigenvalue weighted by Crippen LogP contribution is 2.45. The van der Waals surface area contributed by atoms with Crippen molar-refractivity contribution in [2.75, 3.05) is 99.8 Å². The van der Waals surface area contributed by atoms with Crippen LogP contribution in [0.1, 0.15) is 77.1 Å². The number of nitrogens with one attached hydrogen (secondary N) is 3. The molecule has 6 aliphatic rings. The highest BCUT2D eigenvalue weighted by molar-refractivity contribution is 7.70. The van der Waals surface area contributed by atoms with Gasteiger partial charge >= 0.3 is 0 Å². The fourth-order valence-corrected chi connectivity index (χ4v) is 12.8. The average Bonchev–Trinajstić information content (AvgIpc) is 3.89. The summed E-state index contributed by atoms with van der Waals surface area (Å²) in [5.74, 6) is 0.433. The maximum absolute atomic E-state index is 13.5. The number of carbonyl (C=O) groups is 4. The number of hydrogen-bond acceptors (Lipinski definition) is 15. The van der Waals surface area contributed by atoms with E-state index in [2.05, 4.69) is 69.9 Å². The van der Waals surface area contributed by atoms with Crippen molar-refractivity contribution in [1.29, 1.82) is 0 Å². The van der Waals surface area contributed by atoms with E-state index >= 15 is 0 Å². The molecule has 2 atom stereocenters. The molecule has 3 aromatic carbocycles. The van der Waals surface area contributed by atoms with Crippen molar-refractivity contribution in [2.24, 2.45) is 13.0 Å². The zero-order chi connectivity index (χ0) is 50.7. The summed E-state index contributed by atoms with van der Waals surface area (Å²) in [6.07, 6.45) is 11.3. The molecule has 5 fully saturated rings. The van der Waals surface area contributed by atoms with Gasteiger partial charge in [-0.1, -0.05) is 17.7 Å². The predicted molar refractivity (Wildman–Crippen MR) is 283 cm³/mol. The van der Waals surface area contributed by atoms with E-state index in [0.29, 0.717) is 62.9 Å². The molecule has 5 aliphatic heterocycles. The Labute approximate surface area is 430 Å². The number of nitrogens with zero attached hydrogens (tertiary/aromatic N) is 9. The normalized spacial score (nSPS) is 21.2. The molecular formula is C53H62ClN12O6P. The summed E-state index contributed by atoms with van der Waals surface area (Å²) in [6.45, 7) is 12.0. The van der Waals surface area contributed by atoms with Crippen molar-refractivity contribution in [3.8, 4) is 16.9 Å². The fraction of sp³-hybridized carbons (Fsp3) is 0.453. The standard InChI is InChI=1S/C53H62ClN12O6P/c1-61-31-35(27-56-61)39-25-43(58-53-55-28-41(54)49(60-53)57-42-10-7-34(33-5-6-33)23-47(42)73(3,4)71)46(72-2)26-45(39)64-21-19-63(20-22-64)36-14-16-62(17-15-36)29-32-13-18-65(30-32)37-8-9-38-40(24-37)52(70)66(51(38)69)44-11-12-48(67)59-50(44)68/h7-10,23-28,31-33,36,44H,5-6,11-22,29-30H2,1-4H3,(H,59,67,68)(H2,55,57,58,60). The molecule has 73 heavy (non-hydrogen) atoms. The summed E-state index contributed by atoms with van der Waals surface area (Å²) >= 11 is 6.68. The number of likely N-dealkylation sites (tertiary alicyclic amines) is 1. The third-order valence-corrected chi connectivity index (χ3v) is 17.4. The molecule has 5 aromatic rings. The zero-order valence-electron chi connectivity index (χ0n) is 41.8. The van der Waals surface area contributed by atoms with E-state index in [1.165, 1.54) is 5.56 Å². The number of anilines is 6. The number of piperidine rings is 2. The van der Waals surface area contributed by atoms with E-state index in [1.54, 1.807) is 38.8 Å². The Hall–Kier alpha value is -6.33. The SMILES string of the molecule is COc1cc(N2CCN(C3CCN(CC4CCN(c5ccc6c(c5)C(=O)N(C5CCC(=O)NC5=O)C6=O)C4)CC3)CC2)c(-c2cnn(C)c2)cc1Nc1ncc(Cl)c(Nc2ccc(C3CC3)cc2P(C)(C)=O)n1. The number of amides is 4. The van der Waals surface area contributed by atoms with Gasteiger partial charge in [0.2, 0.25) is 17.8 Å². The molecule has 7 heterocycles. The number of fused-ring (bicyclic) bond motifs is 1. The molecule has 1 aliphatic carbocycles. The highest BCUT2D eigenvalue weighted by Gasteiger charge is 2.45. The Morgan fingerprint density at radius 2 is 1.59 bits per heavy atom. The minimum atomic E-state index is -2.63. The summed E-state index contributed by atoms with van der Waals surface area (Å²) in [4.78, 5) is 71.4. The van der Waals surface area contributed by atoms with Crippen LogP contribution in [-0.2, 0) is 21.2 Å². The summed E-state index contributed by atoms with van der Waals surface area (Å²) in [7, 11) is 0.952. The first-order chi connectivity index (χ1) is 35.2. The topological polar surface area (TPSA) is 190 Å². The molecule has 4 amide bonds. The molecule has 3 N–H and O–H groups in total. The molecule has 2 unspecified atom stereocenters. The van der Waals surface area contributed by atoms with Gasteiger partial charge in [-0.15, -0.1) is 0 Å². The van der Waals surface area contributed by atoms with Crippen LogP contribution in [0.5, 0.6) is 5.75 Å². The third-order valence-electron chi connectivity index (χ3n) is 15.5. The molecule has 20 heteroatoms. The van der Waals surface area contributed by atoms with Gasteiger partial charge in [0.25, 0.3) is 11.8 Å². The molecule has 2 aromatic heterocycles. The molecule has 4 saturated heterocycles. The maximum Gasteiger partial charge on any atom is 0.262 e. The summed E-state index contributed by atoms with van der Waals surface area (Å²) < 4.78 is 21.3. The first-order valence-electron chi connectivity index (χ1n) is 25.5. The molecule has 1 saturated carbocycles. The number of rotatable bonds is 14. The van der Waals surface area contributed by atoms with Crippen LogP contribution in [0.25, 0.3) is 11.1 Å². The lowest BCUT2D eigenvalue weighted by molar-refractivity contribution is -0.136. The number of methoxy groups -OCH3 is 1. The second-order valence-corrected chi connectivity index (χ2v) is 24.4. The molecule has 0 bridgehead atoms. The van der Waals surface area contributed by atoms with Gasteiger partial charge in [-0.2, -0.15) is 10.1 Å². The summed E-state index contributed by atoms with van der Waals surface area (Å²) in [5.41, 5.74) is 7.20. The lowest BCUT2D eigenvalue weighted by atomic mass is 9.99. The van der Waals surface area contributed by atoms with Crippen molar-refractivity contribution < 1.29 is 28.5 Å². The molecule has 382 valence electrons. The Balaban J connectivity index is 0.707. The summed E-state index contributed by atoms with van der Waals surface area (Å²) in [6, 6.07) is 15.3. The number of imide groups is 2. The number of hydrogen-bond donors (Lipinski definition) is 3. The number of halogens is 1. The Bertz CT molecular complexity index is 3050. The maximum atomic E-state index is 13.5. The number of aromatic nitrogens is 4. The number of benzene rings is 3. The third kappa shape index (κ3) is 10.1. The minimum absolute atomic E-state index is 0.0921. The quantitative estimate of drug-likeness (QED) is 0.0790. The van der Waals surface area contributed by atoms with Crippen LogP contribution >= 0.6 is 18.7 Å². The first-order valence-corrected chi connectivity index (χ1v) is 28.4. The average molecular weight is 1030 g/mol. The number of aryl methyl sites for hydroxylation is 1. The van der Waals surface area contributed by atoms with Crippen LogP contribution in [0.4, 0.5) is 34.5 Å².